The number of rotatable bonds is 3. The summed E-state index contributed by atoms with van der Waals surface area (Å²) in [6.07, 6.45) is 3.97. The van der Waals surface area contributed by atoms with Crippen molar-refractivity contribution in [3.05, 3.63) is 28.8 Å². The monoisotopic (exact) mass is 307 g/mol. The molecule has 1 saturated carbocycles. The number of carbonyl (C=O) groups excluding carboxylic acids is 1. The van der Waals surface area contributed by atoms with Crippen molar-refractivity contribution >= 4 is 23.3 Å². The molecule has 2 unspecified atom stereocenters. The lowest BCUT2D eigenvalue weighted by Gasteiger charge is -2.30. The van der Waals surface area contributed by atoms with Gasteiger partial charge in [-0.25, -0.2) is 4.79 Å². The van der Waals surface area contributed by atoms with Gasteiger partial charge in [0.25, 0.3) is 0 Å². The van der Waals surface area contributed by atoms with E-state index in [0.717, 1.165) is 25.7 Å². The second kappa shape index (κ2) is 7.30. The molecule has 0 spiro atoms. The van der Waals surface area contributed by atoms with Gasteiger partial charge in [-0.3, -0.25) is 0 Å². The van der Waals surface area contributed by atoms with Crippen molar-refractivity contribution in [3.63, 3.8) is 0 Å². The fraction of sp³-hybridized carbons (Fsp3) is 0.467. The first-order valence-electron chi connectivity index (χ1n) is 7.02. The third kappa shape index (κ3) is 4.10. The summed E-state index contributed by atoms with van der Waals surface area (Å²) in [7, 11) is 0. The summed E-state index contributed by atoms with van der Waals surface area (Å²) < 4.78 is 0. The fourth-order valence-corrected chi connectivity index (χ4v) is 2.86. The van der Waals surface area contributed by atoms with Gasteiger partial charge in [0, 0.05) is 24.3 Å². The minimum absolute atomic E-state index is 0.00222. The van der Waals surface area contributed by atoms with Gasteiger partial charge in [-0.15, -0.1) is 0 Å². The number of nitrogens with zero attached hydrogens (tertiary/aromatic N) is 1. The number of benzene rings is 1. The number of anilines is 1. The quantitative estimate of drug-likeness (QED) is 0.802. The molecule has 0 saturated heterocycles. The number of hydrogen-bond donors (Lipinski definition) is 3. The van der Waals surface area contributed by atoms with Crippen LogP contribution in [0.25, 0.3) is 0 Å². The topological polar surface area (TPSA) is 85.2 Å². The smallest absolute Gasteiger partial charge is 0.319 e. The zero-order valence-electron chi connectivity index (χ0n) is 11.6. The average Bonchev–Trinajstić information content (AvgIpc) is 2.48. The van der Waals surface area contributed by atoms with E-state index in [9.17, 15) is 9.90 Å². The first kappa shape index (κ1) is 15.6. The number of hydrogen-bond acceptors (Lipinski definition) is 3. The summed E-state index contributed by atoms with van der Waals surface area (Å²) in [5.74, 6) is 0.119. The van der Waals surface area contributed by atoms with Gasteiger partial charge in [0.2, 0.25) is 0 Å². The molecule has 21 heavy (non-hydrogen) atoms. The molecule has 1 aliphatic rings. The summed E-state index contributed by atoms with van der Waals surface area (Å²) in [6, 6.07) is 6.39. The van der Waals surface area contributed by atoms with E-state index >= 15 is 0 Å². The predicted molar refractivity (Wildman–Crippen MR) is 81.2 cm³/mol. The Balaban J connectivity index is 1.95. The molecule has 0 bridgehead atoms. The SMILES string of the molecule is N#Cc1ccc(NC(=O)NC2CCCCC2CO)cc1Cl. The van der Waals surface area contributed by atoms with Crippen LogP contribution in [0.1, 0.15) is 31.2 Å². The normalized spacial score (nSPS) is 21.4. The number of aliphatic hydroxyl groups excluding tert-OH is 1. The van der Waals surface area contributed by atoms with Crippen molar-refractivity contribution in [1.29, 1.82) is 5.26 Å². The van der Waals surface area contributed by atoms with Crippen LogP contribution in [0, 0.1) is 17.2 Å². The second-order valence-corrected chi connectivity index (χ2v) is 5.65. The van der Waals surface area contributed by atoms with Gasteiger partial charge in [0.05, 0.1) is 10.6 Å². The van der Waals surface area contributed by atoms with Crippen LogP contribution >= 0.6 is 11.6 Å². The van der Waals surface area contributed by atoms with Gasteiger partial charge in [0.1, 0.15) is 6.07 Å². The molecular weight excluding hydrogens is 290 g/mol. The number of aliphatic hydroxyl groups is 1. The maximum Gasteiger partial charge on any atom is 0.319 e. The minimum Gasteiger partial charge on any atom is -0.396 e. The number of nitrogens with one attached hydrogen (secondary N) is 2. The molecule has 2 atom stereocenters. The van der Waals surface area contributed by atoms with Crippen LogP contribution in [0.15, 0.2) is 18.2 Å². The highest BCUT2D eigenvalue weighted by molar-refractivity contribution is 6.32. The summed E-state index contributed by atoms with van der Waals surface area (Å²) in [5.41, 5.74) is 0.906. The fourth-order valence-electron chi connectivity index (χ4n) is 2.64. The van der Waals surface area contributed by atoms with Gasteiger partial charge < -0.3 is 15.7 Å². The van der Waals surface area contributed by atoms with Crippen molar-refractivity contribution in [1.82, 2.24) is 5.32 Å². The molecule has 5 nitrogen and oxygen atoms in total. The van der Waals surface area contributed by atoms with Crippen LogP contribution in [0.4, 0.5) is 10.5 Å². The molecule has 1 fully saturated rings. The van der Waals surface area contributed by atoms with Crippen molar-refractivity contribution in [2.75, 3.05) is 11.9 Å². The highest BCUT2D eigenvalue weighted by atomic mass is 35.5. The van der Waals surface area contributed by atoms with Crippen LogP contribution in [-0.2, 0) is 0 Å². The number of carbonyl (C=O) groups is 1. The summed E-state index contributed by atoms with van der Waals surface area (Å²) in [5, 5.41) is 24.0. The largest absolute Gasteiger partial charge is 0.396 e. The average molecular weight is 308 g/mol. The highest BCUT2D eigenvalue weighted by Gasteiger charge is 2.25. The van der Waals surface area contributed by atoms with Crippen molar-refractivity contribution in [3.8, 4) is 6.07 Å². The van der Waals surface area contributed by atoms with Crippen molar-refractivity contribution < 1.29 is 9.90 Å². The van der Waals surface area contributed by atoms with E-state index < -0.39 is 0 Å². The standard InChI is InChI=1S/C15H18ClN3O2/c16-13-7-12(6-5-10(13)8-17)18-15(21)19-14-4-2-1-3-11(14)9-20/h5-7,11,14,20H,1-4,9H2,(H2,18,19,21). The molecule has 6 heteroatoms. The minimum atomic E-state index is -0.318. The Labute approximate surface area is 128 Å². The van der Waals surface area contributed by atoms with E-state index in [1.54, 1.807) is 18.2 Å². The van der Waals surface area contributed by atoms with Crippen LogP contribution < -0.4 is 10.6 Å². The Morgan fingerprint density at radius 3 is 2.86 bits per heavy atom. The number of halogens is 1. The van der Waals surface area contributed by atoms with Gasteiger partial charge in [0.15, 0.2) is 0 Å². The van der Waals surface area contributed by atoms with Crippen molar-refractivity contribution in [2.45, 2.75) is 31.7 Å². The number of nitriles is 1. The predicted octanol–water partition coefficient (Wildman–Crippen LogP) is 2.88. The van der Waals surface area contributed by atoms with Crippen LogP contribution in [0.5, 0.6) is 0 Å². The zero-order chi connectivity index (χ0) is 15.2. The highest BCUT2D eigenvalue weighted by Crippen LogP contribution is 2.24. The Morgan fingerprint density at radius 2 is 2.19 bits per heavy atom. The molecule has 0 aromatic heterocycles. The molecule has 112 valence electrons. The van der Waals surface area contributed by atoms with E-state index in [4.69, 9.17) is 16.9 Å². The van der Waals surface area contributed by atoms with E-state index in [0.29, 0.717) is 16.3 Å². The lowest BCUT2D eigenvalue weighted by Crippen LogP contribution is -2.45. The maximum absolute atomic E-state index is 12.0. The second-order valence-electron chi connectivity index (χ2n) is 5.24. The van der Waals surface area contributed by atoms with Gasteiger partial charge in [-0.2, -0.15) is 5.26 Å². The van der Waals surface area contributed by atoms with Crippen molar-refractivity contribution in [2.24, 2.45) is 5.92 Å². The number of amides is 2. The van der Waals surface area contributed by atoms with Gasteiger partial charge >= 0.3 is 6.03 Å². The summed E-state index contributed by atoms with van der Waals surface area (Å²) in [6.45, 7) is 0.0909. The Kier molecular flexibility index (Phi) is 5.43. The first-order chi connectivity index (χ1) is 10.1. The molecular formula is C15H18ClN3O2. The third-order valence-electron chi connectivity index (χ3n) is 3.81. The number of urea groups is 1. The van der Waals surface area contributed by atoms with Gasteiger partial charge in [-0.1, -0.05) is 24.4 Å². The molecule has 0 heterocycles. The molecule has 2 amide bonds. The van der Waals surface area contributed by atoms with E-state index in [2.05, 4.69) is 10.6 Å². The molecule has 1 aliphatic carbocycles. The summed E-state index contributed by atoms with van der Waals surface area (Å²) in [4.78, 5) is 12.0. The molecule has 1 aromatic carbocycles. The van der Waals surface area contributed by atoms with Crippen LogP contribution in [0.3, 0.4) is 0 Å². The van der Waals surface area contributed by atoms with Crippen LogP contribution in [0.2, 0.25) is 5.02 Å². The maximum atomic E-state index is 12.0. The molecule has 0 radical (unpaired) electrons. The van der Waals surface area contributed by atoms with E-state index in [-0.39, 0.29) is 24.6 Å². The zero-order valence-corrected chi connectivity index (χ0v) is 12.4. The summed E-state index contributed by atoms with van der Waals surface area (Å²) >= 11 is 5.92. The Bertz CT molecular complexity index is 556. The molecule has 1 aromatic rings. The Morgan fingerprint density at radius 1 is 1.43 bits per heavy atom. The molecule has 2 rings (SSSR count). The third-order valence-corrected chi connectivity index (χ3v) is 4.12. The first-order valence-corrected chi connectivity index (χ1v) is 7.40. The van der Waals surface area contributed by atoms with Crippen LogP contribution in [-0.4, -0.2) is 23.8 Å². The lowest BCUT2D eigenvalue weighted by atomic mass is 9.85. The van der Waals surface area contributed by atoms with E-state index in [1.165, 1.54) is 0 Å². The lowest BCUT2D eigenvalue weighted by molar-refractivity contribution is 0.156. The van der Waals surface area contributed by atoms with E-state index in [1.807, 2.05) is 6.07 Å². The molecule has 3 N–H and O–H groups in total. The van der Waals surface area contributed by atoms with Gasteiger partial charge in [-0.05, 0) is 31.0 Å². The Hall–Kier alpha value is -1.77. The molecule has 0 aliphatic heterocycles.